The summed E-state index contributed by atoms with van der Waals surface area (Å²) in [7, 11) is 0. The predicted molar refractivity (Wildman–Crippen MR) is 108 cm³/mol. The van der Waals surface area contributed by atoms with Gasteiger partial charge in [-0.05, 0) is 25.3 Å². The summed E-state index contributed by atoms with van der Waals surface area (Å²) in [4.78, 5) is 29.8. The zero-order chi connectivity index (χ0) is 20.1. The first kappa shape index (κ1) is 20.7. The van der Waals surface area contributed by atoms with Gasteiger partial charge in [0, 0.05) is 10.3 Å². The lowest BCUT2D eigenvalue weighted by Crippen LogP contribution is -2.33. The number of carbonyl (C=O) groups is 1. The summed E-state index contributed by atoms with van der Waals surface area (Å²) in [6, 6.07) is 2.00. The molecule has 1 amide bonds. The number of nitrogens with one attached hydrogen (secondary N) is 1. The number of thiophene rings is 1. The molecule has 0 saturated heterocycles. The Morgan fingerprint density at radius 1 is 1.52 bits per heavy atom. The van der Waals surface area contributed by atoms with Crippen LogP contribution in [0.4, 0.5) is 4.39 Å². The van der Waals surface area contributed by atoms with Crippen LogP contribution < -0.4 is 10.9 Å². The number of nitrogens with zero attached hydrogens (tertiary/aromatic N) is 3. The van der Waals surface area contributed by atoms with Gasteiger partial charge in [0.05, 0.1) is 11.9 Å². The van der Waals surface area contributed by atoms with Gasteiger partial charge in [0.2, 0.25) is 5.91 Å². The predicted octanol–water partition coefficient (Wildman–Crippen LogP) is 3.68. The van der Waals surface area contributed by atoms with Gasteiger partial charge in [0.25, 0.3) is 5.56 Å². The van der Waals surface area contributed by atoms with E-state index in [0.717, 1.165) is 33.3 Å². The zero-order valence-electron chi connectivity index (χ0n) is 15.9. The molecule has 0 atom stereocenters. The molecule has 2 heterocycles. The lowest BCUT2D eigenvalue weighted by Gasteiger charge is -2.11. The van der Waals surface area contributed by atoms with E-state index in [1.165, 1.54) is 24.3 Å². The van der Waals surface area contributed by atoms with Crippen molar-refractivity contribution >= 4 is 33.5 Å². The maximum absolute atomic E-state index is 13.0. The van der Waals surface area contributed by atoms with Crippen molar-refractivity contribution in [1.82, 2.24) is 15.1 Å². The molecule has 0 aliphatic rings. The second kappa shape index (κ2) is 8.85. The fourth-order valence-corrected chi connectivity index (χ4v) is 3.48. The van der Waals surface area contributed by atoms with Crippen LogP contribution in [-0.4, -0.2) is 21.9 Å². The van der Waals surface area contributed by atoms with Gasteiger partial charge in [0.1, 0.15) is 22.9 Å². The van der Waals surface area contributed by atoms with Crippen molar-refractivity contribution in [3.8, 4) is 0 Å². The van der Waals surface area contributed by atoms with Crippen molar-refractivity contribution in [3.05, 3.63) is 51.3 Å². The third kappa shape index (κ3) is 4.97. The van der Waals surface area contributed by atoms with Crippen LogP contribution in [0.25, 0.3) is 10.1 Å². The Bertz CT molecular complexity index is 985. The summed E-state index contributed by atoms with van der Waals surface area (Å²) in [6.45, 7) is 10.8. The average Bonchev–Trinajstić information content (AvgIpc) is 3.06. The number of aromatic nitrogens is 2. The highest BCUT2D eigenvalue weighted by atomic mass is 32.1. The molecule has 144 valence electrons. The highest BCUT2D eigenvalue weighted by Crippen LogP contribution is 2.28. The average molecular weight is 390 g/mol. The summed E-state index contributed by atoms with van der Waals surface area (Å²) in [5.74, 6) is -0.960. The van der Waals surface area contributed by atoms with Gasteiger partial charge in [-0.2, -0.15) is 5.10 Å². The lowest BCUT2D eigenvalue weighted by atomic mass is 10.1. The summed E-state index contributed by atoms with van der Waals surface area (Å²) in [6.07, 6.45) is 3.02. The molecule has 27 heavy (non-hydrogen) atoms. The monoisotopic (exact) mass is 390 g/mol. The van der Waals surface area contributed by atoms with Crippen molar-refractivity contribution in [2.24, 2.45) is 4.99 Å². The minimum Gasteiger partial charge on any atom is -0.310 e. The Kier molecular flexibility index (Phi) is 6.79. The third-order valence-corrected chi connectivity index (χ3v) is 5.08. The molecule has 1 N–H and O–H groups in total. The van der Waals surface area contributed by atoms with E-state index in [0.29, 0.717) is 4.70 Å². The molecule has 2 aromatic rings. The summed E-state index contributed by atoms with van der Waals surface area (Å²) >= 11 is 1.43. The van der Waals surface area contributed by atoms with Gasteiger partial charge < -0.3 is 5.32 Å². The van der Waals surface area contributed by atoms with Gasteiger partial charge in [0.15, 0.2) is 0 Å². The number of aliphatic imine (C=N–C) groups is 1. The largest absolute Gasteiger partial charge is 0.310 e. The van der Waals surface area contributed by atoms with Crippen molar-refractivity contribution in [3.63, 3.8) is 0 Å². The number of aryl methyl sites for hydroxylation is 1. The molecule has 0 aliphatic carbocycles. The van der Waals surface area contributed by atoms with Crippen LogP contribution in [0.1, 0.15) is 44.2 Å². The maximum Gasteiger partial charge on any atom is 0.285 e. The van der Waals surface area contributed by atoms with Crippen LogP contribution in [0, 0.1) is 0 Å². The van der Waals surface area contributed by atoms with Crippen LogP contribution >= 0.6 is 11.3 Å². The molecule has 0 bridgehead atoms. The molecule has 0 fully saturated rings. The van der Waals surface area contributed by atoms with E-state index in [1.54, 1.807) is 0 Å². The van der Waals surface area contributed by atoms with Gasteiger partial charge in [-0.3, -0.25) is 9.59 Å². The smallest absolute Gasteiger partial charge is 0.285 e. The second-order valence-electron chi connectivity index (χ2n) is 6.24. The van der Waals surface area contributed by atoms with Crippen LogP contribution in [0.2, 0.25) is 0 Å². The number of carbonyl (C=O) groups excluding carboxylic acids is 1. The normalized spacial score (nSPS) is 12.3. The van der Waals surface area contributed by atoms with Crippen LogP contribution in [0.15, 0.2) is 40.2 Å². The fourth-order valence-electron chi connectivity index (χ4n) is 2.43. The number of hydrogen-bond acceptors (Lipinski definition) is 5. The molecule has 2 aromatic heterocycles. The van der Waals surface area contributed by atoms with Crippen LogP contribution in [-0.2, 0) is 17.8 Å². The first-order valence-corrected chi connectivity index (χ1v) is 9.46. The van der Waals surface area contributed by atoms with Gasteiger partial charge in [-0.25, -0.2) is 14.1 Å². The minimum absolute atomic E-state index is 0.0143. The molecule has 0 aliphatic heterocycles. The topological polar surface area (TPSA) is 76.3 Å². The molecular weight excluding hydrogens is 367 g/mol. The van der Waals surface area contributed by atoms with Crippen molar-refractivity contribution in [2.75, 3.05) is 0 Å². The molecule has 0 unspecified atom stereocenters. The quantitative estimate of drug-likeness (QED) is 0.733. The van der Waals surface area contributed by atoms with E-state index >= 15 is 0 Å². The minimum atomic E-state index is -0.542. The van der Waals surface area contributed by atoms with Gasteiger partial charge in [-0.1, -0.05) is 33.4 Å². The van der Waals surface area contributed by atoms with Crippen LogP contribution in [0.3, 0.4) is 0 Å². The lowest BCUT2D eigenvalue weighted by molar-refractivity contribution is -0.121. The van der Waals surface area contributed by atoms with E-state index in [9.17, 15) is 14.0 Å². The Balaban J connectivity index is 2.29. The highest BCUT2D eigenvalue weighted by molar-refractivity contribution is 7.19. The number of rotatable bonds is 7. The third-order valence-electron chi connectivity index (χ3n) is 3.81. The summed E-state index contributed by atoms with van der Waals surface area (Å²) < 4.78 is 14.8. The molecule has 0 radical (unpaired) electrons. The molecular formula is C19H23FN4O2S. The van der Waals surface area contributed by atoms with E-state index < -0.39 is 11.7 Å². The molecule has 8 heteroatoms. The molecule has 0 aromatic carbocycles. The van der Waals surface area contributed by atoms with Crippen molar-refractivity contribution in [2.45, 2.75) is 46.6 Å². The second-order valence-corrected chi connectivity index (χ2v) is 7.38. The number of allylic oxidation sites excluding steroid dienone is 2. The Morgan fingerprint density at radius 3 is 2.81 bits per heavy atom. The number of halogens is 1. The van der Waals surface area contributed by atoms with Crippen molar-refractivity contribution in [1.29, 1.82) is 0 Å². The standard InChI is InChI=1S/C19H23FN4O2S/c1-6-13(20)9-21-12(5)22-16(25)10-24-19(26)18-15(8-14(7-2)27-18)17(23-24)11(3)4/h6,8-9,11H,5,7,10H2,1-4H3,(H,22,25)/b13-6+,21-9-. The van der Waals surface area contributed by atoms with Crippen LogP contribution in [0.5, 0.6) is 0 Å². The number of hydrogen-bond donors (Lipinski definition) is 1. The Hall–Kier alpha value is -2.61. The van der Waals surface area contributed by atoms with E-state index in [-0.39, 0.29) is 23.8 Å². The Labute approximate surface area is 161 Å². The molecule has 0 saturated carbocycles. The maximum atomic E-state index is 13.0. The van der Waals surface area contributed by atoms with Crippen molar-refractivity contribution < 1.29 is 9.18 Å². The summed E-state index contributed by atoms with van der Waals surface area (Å²) in [5, 5.41) is 7.67. The van der Waals surface area contributed by atoms with Gasteiger partial charge in [-0.15, -0.1) is 11.3 Å². The number of amides is 1. The molecule has 2 rings (SSSR count). The SMILES string of the molecule is C=C(/N=C\C(F)=C/C)NC(=O)Cn1nc(C(C)C)c2cc(CC)sc2c1=O. The highest BCUT2D eigenvalue weighted by Gasteiger charge is 2.17. The fraction of sp³-hybridized carbons (Fsp3) is 0.368. The molecule has 0 spiro atoms. The van der Waals surface area contributed by atoms with E-state index in [2.05, 4.69) is 22.0 Å². The Morgan fingerprint density at radius 2 is 2.22 bits per heavy atom. The van der Waals surface area contributed by atoms with Gasteiger partial charge >= 0.3 is 0 Å². The first-order chi connectivity index (χ1) is 12.8. The zero-order valence-corrected chi connectivity index (χ0v) is 16.7. The van der Waals surface area contributed by atoms with E-state index in [4.69, 9.17) is 0 Å². The molecule has 6 nitrogen and oxygen atoms in total. The van der Waals surface area contributed by atoms with E-state index in [1.807, 2.05) is 26.8 Å². The first-order valence-electron chi connectivity index (χ1n) is 8.64. The summed E-state index contributed by atoms with van der Waals surface area (Å²) in [5.41, 5.74) is 0.476. The number of fused-ring (bicyclic) bond motifs is 1.